The number of nitrogens with zero attached hydrogens (tertiary/aromatic N) is 1. The SMILES string of the molecule is COc1ccc(CNC(=O)c2cc(N)cc(C)c2F)cn1. The molecule has 1 heterocycles. The van der Waals surface area contributed by atoms with E-state index in [0.717, 1.165) is 5.56 Å². The first-order valence-corrected chi connectivity index (χ1v) is 6.34. The summed E-state index contributed by atoms with van der Waals surface area (Å²) < 4.78 is 18.9. The first-order chi connectivity index (χ1) is 10.0. The number of ether oxygens (including phenoxy) is 1. The molecule has 0 saturated carbocycles. The van der Waals surface area contributed by atoms with Crippen molar-refractivity contribution in [2.24, 2.45) is 0 Å². The zero-order valence-electron chi connectivity index (χ0n) is 11.8. The van der Waals surface area contributed by atoms with Crippen molar-refractivity contribution in [2.75, 3.05) is 12.8 Å². The van der Waals surface area contributed by atoms with Crippen LogP contribution >= 0.6 is 0 Å². The van der Waals surface area contributed by atoms with Gasteiger partial charge in [-0.25, -0.2) is 9.37 Å². The Kier molecular flexibility index (Phi) is 4.37. The van der Waals surface area contributed by atoms with Gasteiger partial charge in [-0.15, -0.1) is 0 Å². The van der Waals surface area contributed by atoms with Crippen LogP contribution in [0.3, 0.4) is 0 Å². The van der Waals surface area contributed by atoms with E-state index in [1.807, 2.05) is 0 Å². The molecule has 0 atom stereocenters. The van der Waals surface area contributed by atoms with E-state index in [9.17, 15) is 9.18 Å². The molecule has 21 heavy (non-hydrogen) atoms. The fourth-order valence-corrected chi connectivity index (χ4v) is 1.88. The monoisotopic (exact) mass is 289 g/mol. The number of hydrogen-bond donors (Lipinski definition) is 2. The Bertz CT molecular complexity index is 657. The number of anilines is 1. The second-order valence-corrected chi connectivity index (χ2v) is 4.59. The van der Waals surface area contributed by atoms with Crippen molar-refractivity contribution < 1.29 is 13.9 Å². The number of benzene rings is 1. The Morgan fingerprint density at radius 2 is 2.19 bits per heavy atom. The van der Waals surface area contributed by atoms with Crippen LogP contribution in [0.15, 0.2) is 30.5 Å². The van der Waals surface area contributed by atoms with Gasteiger partial charge in [0.15, 0.2) is 0 Å². The van der Waals surface area contributed by atoms with Gasteiger partial charge in [-0.1, -0.05) is 6.07 Å². The molecule has 2 aromatic rings. The van der Waals surface area contributed by atoms with E-state index < -0.39 is 11.7 Å². The molecular formula is C15H16FN3O2. The van der Waals surface area contributed by atoms with Gasteiger partial charge in [0.1, 0.15) is 5.82 Å². The Morgan fingerprint density at radius 1 is 1.43 bits per heavy atom. The van der Waals surface area contributed by atoms with Gasteiger partial charge in [-0.2, -0.15) is 0 Å². The van der Waals surface area contributed by atoms with Gasteiger partial charge < -0.3 is 15.8 Å². The van der Waals surface area contributed by atoms with Gasteiger partial charge in [0.25, 0.3) is 5.91 Å². The summed E-state index contributed by atoms with van der Waals surface area (Å²) in [4.78, 5) is 16.0. The Hall–Kier alpha value is -2.63. The number of hydrogen-bond acceptors (Lipinski definition) is 4. The molecule has 1 aromatic heterocycles. The predicted molar refractivity (Wildman–Crippen MR) is 77.5 cm³/mol. The number of nitrogens with two attached hydrogens (primary N) is 1. The third kappa shape index (κ3) is 3.47. The number of halogens is 1. The number of aromatic nitrogens is 1. The lowest BCUT2D eigenvalue weighted by molar-refractivity contribution is 0.0946. The van der Waals surface area contributed by atoms with E-state index >= 15 is 0 Å². The number of carbonyl (C=O) groups excluding carboxylic acids is 1. The summed E-state index contributed by atoms with van der Waals surface area (Å²) >= 11 is 0. The molecule has 0 saturated heterocycles. The van der Waals surface area contributed by atoms with Crippen molar-refractivity contribution in [2.45, 2.75) is 13.5 Å². The fraction of sp³-hybridized carbons (Fsp3) is 0.200. The molecule has 0 radical (unpaired) electrons. The molecule has 0 fully saturated rings. The molecular weight excluding hydrogens is 273 g/mol. The van der Waals surface area contributed by atoms with Crippen molar-refractivity contribution in [3.63, 3.8) is 0 Å². The molecule has 0 aliphatic carbocycles. The van der Waals surface area contributed by atoms with Crippen LogP contribution in [0.2, 0.25) is 0 Å². The third-order valence-electron chi connectivity index (χ3n) is 2.98. The minimum absolute atomic E-state index is 0.0611. The van der Waals surface area contributed by atoms with E-state index in [-0.39, 0.29) is 12.1 Å². The normalized spacial score (nSPS) is 10.2. The van der Waals surface area contributed by atoms with Gasteiger partial charge in [0, 0.05) is 24.5 Å². The zero-order valence-corrected chi connectivity index (χ0v) is 11.8. The van der Waals surface area contributed by atoms with Crippen molar-refractivity contribution in [3.05, 3.63) is 53.0 Å². The topological polar surface area (TPSA) is 77.2 Å². The minimum Gasteiger partial charge on any atom is -0.481 e. The predicted octanol–water partition coefficient (Wildman–Crippen LogP) is 2.05. The number of pyridine rings is 1. The highest BCUT2D eigenvalue weighted by Crippen LogP contribution is 2.17. The molecule has 110 valence electrons. The number of methoxy groups -OCH3 is 1. The van der Waals surface area contributed by atoms with Crippen molar-refractivity contribution in [1.29, 1.82) is 0 Å². The lowest BCUT2D eigenvalue weighted by Gasteiger charge is -2.09. The molecule has 0 unspecified atom stereocenters. The molecule has 1 aromatic carbocycles. The number of nitrogens with one attached hydrogen (secondary N) is 1. The van der Waals surface area contributed by atoms with Crippen LogP contribution in [-0.2, 0) is 6.54 Å². The molecule has 2 rings (SSSR count). The molecule has 0 aliphatic heterocycles. The molecule has 3 N–H and O–H groups in total. The molecule has 6 heteroatoms. The number of amides is 1. The highest BCUT2D eigenvalue weighted by molar-refractivity contribution is 5.95. The summed E-state index contributed by atoms with van der Waals surface area (Å²) in [5.41, 5.74) is 7.05. The summed E-state index contributed by atoms with van der Waals surface area (Å²) in [5.74, 6) is -0.587. The highest BCUT2D eigenvalue weighted by Gasteiger charge is 2.14. The summed E-state index contributed by atoms with van der Waals surface area (Å²) in [7, 11) is 1.52. The van der Waals surface area contributed by atoms with E-state index in [0.29, 0.717) is 17.1 Å². The summed E-state index contributed by atoms with van der Waals surface area (Å²) in [6, 6.07) is 6.27. The van der Waals surface area contributed by atoms with Crippen LogP contribution in [0.25, 0.3) is 0 Å². The minimum atomic E-state index is -0.561. The van der Waals surface area contributed by atoms with Gasteiger partial charge in [0.2, 0.25) is 5.88 Å². The molecule has 5 nitrogen and oxygen atoms in total. The summed E-state index contributed by atoms with van der Waals surface area (Å²) in [5, 5.41) is 2.63. The Balaban J connectivity index is 2.08. The fourth-order valence-electron chi connectivity index (χ4n) is 1.88. The molecule has 0 spiro atoms. The lowest BCUT2D eigenvalue weighted by Crippen LogP contribution is -2.24. The van der Waals surface area contributed by atoms with Crippen LogP contribution in [0.1, 0.15) is 21.5 Å². The number of rotatable bonds is 4. The second kappa shape index (κ2) is 6.21. The summed E-state index contributed by atoms with van der Waals surface area (Å²) in [6.45, 7) is 1.80. The van der Waals surface area contributed by atoms with Crippen molar-refractivity contribution in [3.8, 4) is 5.88 Å². The summed E-state index contributed by atoms with van der Waals surface area (Å²) in [6.07, 6.45) is 1.58. The third-order valence-corrected chi connectivity index (χ3v) is 2.98. The van der Waals surface area contributed by atoms with E-state index in [1.54, 1.807) is 25.3 Å². The van der Waals surface area contributed by atoms with Crippen molar-refractivity contribution >= 4 is 11.6 Å². The van der Waals surface area contributed by atoms with Crippen LogP contribution < -0.4 is 15.8 Å². The second-order valence-electron chi connectivity index (χ2n) is 4.59. The standard InChI is InChI=1S/C15H16FN3O2/c1-9-5-11(17)6-12(14(9)16)15(20)19-8-10-3-4-13(21-2)18-7-10/h3-7H,8,17H2,1-2H3,(H,19,20). The highest BCUT2D eigenvalue weighted by atomic mass is 19.1. The van der Waals surface area contributed by atoms with Gasteiger partial charge in [-0.05, 0) is 30.2 Å². The maximum Gasteiger partial charge on any atom is 0.254 e. The van der Waals surface area contributed by atoms with E-state index in [2.05, 4.69) is 10.3 Å². The van der Waals surface area contributed by atoms with Crippen LogP contribution in [0, 0.1) is 12.7 Å². The zero-order chi connectivity index (χ0) is 15.4. The molecule has 1 amide bonds. The number of carbonyl (C=O) groups is 1. The maximum absolute atomic E-state index is 13.9. The molecule has 0 bridgehead atoms. The first-order valence-electron chi connectivity index (χ1n) is 6.34. The van der Waals surface area contributed by atoms with Gasteiger partial charge >= 0.3 is 0 Å². The smallest absolute Gasteiger partial charge is 0.254 e. The van der Waals surface area contributed by atoms with E-state index in [4.69, 9.17) is 10.5 Å². The number of nitrogen functional groups attached to an aromatic ring is 1. The first kappa shape index (κ1) is 14.8. The van der Waals surface area contributed by atoms with Crippen LogP contribution in [0.5, 0.6) is 5.88 Å². The average molecular weight is 289 g/mol. The van der Waals surface area contributed by atoms with Crippen LogP contribution in [-0.4, -0.2) is 18.0 Å². The van der Waals surface area contributed by atoms with Gasteiger partial charge in [0.05, 0.1) is 12.7 Å². The Labute approximate surface area is 121 Å². The van der Waals surface area contributed by atoms with Crippen molar-refractivity contribution in [1.82, 2.24) is 10.3 Å². The molecule has 0 aliphatic rings. The van der Waals surface area contributed by atoms with Crippen LogP contribution in [0.4, 0.5) is 10.1 Å². The van der Waals surface area contributed by atoms with E-state index in [1.165, 1.54) is 19.2 Å². The quantitative estimate of drug-likeness (QED) is 0.844. The average Bonchev–Trinajstić information content (AvgIpc) is 2.49. The maximum atomic E-state index is 13.9. The largest absolute Gasteiger partial charge is 0.481 e. The van der Waals surface area contributed by atoms with Gasteiger partial charge in [-0.3, -0.25) is 4.79 Å². The number of aryl methyl sites for hydroxylation is 1. The Morgan fingerprint density at radius 3 is 2.81 bits per heavy atom. The lowest BCUT2D eigenvalue weighted by atomic mass is 10.1.